The molecule has 3 nitrogen and oxygen atoms in total. The summed E-state index contributed by atoms with van der Waals surface area (Å²) in [4.78, 5) is 0. The van der Waals surface area contributed by atoms with Gasteiger partial charge in [-0.25, -0.2) is 0 Å². The van der Waals surface area contributed by atoms with Crippen LogP contribution in [0.5, 0.6) is 11.5 Å². The molecular formula is C14H19ClF3NO2. The average molecular weight is 326 g/mol. The summed E-state index contributed by atoms with van der Waals surface area (Å²) in [6.07, 6.45) is -0.495. The molecule has 0 aromatic heterocycles. The molecule has 0 bridgehead atoms. The molecule has 0 aliphatic heterocycles. The number of benzene rings is 1. The van der Waals surface area contributed by atoms with E-state index in [0.29, 0.717) is 11.3 Å². The van der Waals surface area contributed by atoms with Crippen LogP contribution in [0.1, 0.15) is 37.3 Å². The molecule has 21 heavy (non-hydrogen) atoms. The highest BCUT2D eigenvalue weighted by Gasteiger charge is 2.32. The van der Waals surface area contributed by atoms with Gasteiger partial charge in [0.05, 0.1) is 7.11 Å². The molecule has 1 aliphatic carbocycles. The fraction of sp³-hybridized carbons (Fsp3) is 0.571. The summed E-state index contributed by atoms with van der Waals surface area (Å²) in [5, 5.41) is 0. The van der Waals surface area contributed by atoms with Crippen molar-refractivity contribution in [3.8, 4) is 11.5 Å². The van der Waals surface area contributed by atoms with Gasteiger partial charge in [-0.15, -0.1) is 25.6 Å². The standard InChI is InChI=1S/C14H18F3NO2.ClH/c1-19-12-7-6-10(20-14(15,16)17)8-11(12)13(18)9-4-2-3-5-9;/h6-9,13H,2-5,18H2,1H3;1H/t13-;/m0./s1. The van der Waals surface area contributed by atoms with Crippen LogP contribution in [0.15, 0.2) is 18.2 Å². The van der Waals surface area contributed by atoms with Gasteiger partial charge in [0.1, 0.15) is 11.5 Å². The highest BCUT2D eigenvalue weighted by Crippen LogP contribution is 2.39. The Morgan fingerprint density at radius 1 is 1.24 bits per heavy atom. The Bertz CT molecular complexity index is 462. The van der Waals surface area contributed by atoms with Gasteiger partial charge < -0.3 is 15.2 Å². The largest absolute Gasteiger partial charge is 0.573 e. The van der Waals surface area contributed by atoms with Crippen molar-refractivity contribution in [2.45, 2.75) is 38.1 Å². The van der Waals surface area contributed by atoms with Crippen molar-refractivity contribution < 1.29 is 22.6 Å². The molecule has 1 aromatic carbocycles. The van der Waals surface area contributed by atoms with E-state index in [1.807, 2.05) is 0 Å². The maximum absolute atomic E-state index is 12.3. The minimum atomic E-state index is -4.71. The minimum absolute atomic E-state index is 0. The van der Waals surface area contributed by atoms with Crippen LogP contribution in [0.2, 0.25) is 0 Å². The lowest BCUT2D eigenvalue weighted by Crippen LogP contribution is -2.21. The normalized spacial score (nSPS) is 17.2. The zero-order chi connectivity index (χ0) is 14.8. The Labute approximate surface area is 128 Å². The highest BCUT2D eigenvalue weighted by atomic mass is 35.5. The van der Waals surface area contributed by atoms with Crippen LogP contribution in [-0.2, 0) is 0 Å². The van der Waals surface area contributed by atoms with Gasteiger partial charge >= 0.3 is 6.36 Å². The number of methoxy groups -OCH3 is 1. The molecule has 0 amide bonds. The van der Waals surface area contributed by atoms with E-state index in [1.54, 1.807) is 0 Å². The van der Waals surface area contributed by atoms with Gasteiger partial charge in [0.25, 0.3) is 0 Å². The van der Waals surface area contributed by atoms with Crippen LogP contribution < -0.4 is 15.2 Å². The first kappa shape index (κ1) is 17.9. The molecule has 2 N–H and O–H groups in total. The van der Waals surface area contributed by atoms with Crippen molar-refractivity contribution in [1.29, 1.82) is 0 Å². The third-order valence-corrected chi connectivity index (χ3v) is 3.70. The molecule has 1 fully saturated rings. The SMILES string of the molecule is COc1ccc(OC(F)(F)F)cc1[C@@H](N)C1CCCC1.Cl. The molecule has 1 aliphatic rings. The molecule has 7 heteroatoms. The van der Waals surface area contributed by atoms with Gasteiger partial charge in [-0.3, -0.25) is 0 Å². The third-order valence-electron chi connectivity index (χ3n) is 3.70. The van der Waals surface area contributed by atoms with Crippen molar-refractivity contribution >= 4 is 12.4 Å². The number of alkyl halides is 3. The zero-order valence-electron chi connectivity index (χ0n) is 11.7. The second-order valence-electron chi connectivity index (χ2n) is 5.02. The molecule has 1 saturated carbocycles. The van der Waals surface area contributed by atoms with Crippen molar-refractivity contribution in [3.63, 3.8) is 0 Å². The maximum Gasteiger partial charge on any atom is 0.573 e. The molecule has 0 spiro atoms. The molecule has 0 unspecified atom stereocenters. The third kappa shape index (κ3) is 4.68. The van der Waals surface area contributed by atoms with Crippen LogP contribution in [0.4, 0.5) is 13.2 Å². The Hall–Kier alpha value is -1.14. The van der Waals surface area contributed by atoms with Gasteiger partial charge in [0.2, 0.25) is 0 Å². The van der Waals surface area contributed by atoms with E-state index in [4.69, 9.17) is 10.5 Å². The fourth-order valence-electron chi connectivity index (χ4n) is 2.74. The lowest BCUT2D eigenvalue weighted by Gasteiger charge is -2.22. The zero-order valence-corrected chi connectivity index (χ0v) is 12.5. The first-order chi connectivity index (χ1) is 9.40. The van der Waals surface area contributed by atoms with E-state index in [1.165, 1.54) is 25.3 Å². The summed E-state index contributed by atoms with van der Waals surface area (Å²) in [5.41, 5.74) is 6.76. The summed E-state index contributed by atoms with van der Waals surface area (Å²) < 4.78 is 46.0. The number of hydrogen-bond acceptors (Lipinski definition) is 3. The first-order valence-corrected chi connectivity index (χ1v) is 6.60. The van der Waals surface area contributed by atoms with E-state index in [2.05, 4.69) is 4.74 Å². The van der Waals surface area contributed by atoms with Crippen molar-refractivity contribution in [2.24, 2.45) is 11.7 Å². The van der Waals surface area contributed by atoms with Crippen LogP contribution >= 0.6 is 12.4 Å². The van der Waals surface area contributed by atoms with Crippen molar-refractivity contribution in [2.75, 3.05) is 7.11 Å². The smallest absolute Gasteiger partial charge is 0.496 e. The topological polar surface area (TPSA) is 44.5 Å². The van der Waals surface area contributed by atoms with Gasteiger partial charge in [-0.1, -0.05) is 12.8 Å². The van der Waals surface area contributed by atoms with Gasteiger partial charge in [0, 0.05) is 11.6 Å². The monoisotopic (exact) mass is 325 g/mol. The summed E-state index contributed by atoms with van der Waals surface area (Å²) >= 11 is 0. The minimum Gasteiger partial charge on any atom is -0.496 e. The summed E-state index contributed by atoms with van der Waals surface area (Å²) in [5.74, 6) is 0.519. The Kier molecular flexibility index (Phi) is 6.16. The molecule has 2 rings (SSSR count). The summed E-state index contributed by atoms with van der Waals surface area (Å²) in [6.45, 7) is 0. The molecular weight excluding hydrogens is 307 g/mol. The fourth-order valence-corrected chi connectivity index (χ4v) is 2.74. The molecule has 1 atom stereocenters. The summed E-state index contributed by atoms with van der Waals surface area (Å²) in [7, 11) is 1.48. The predicted octanol–water partition coefficient (Wildman–Crippen LogP) is 4.21. The van der Waals surface area contributed by atoms with Crippen LogP contribution in [0.3, 0.4) is 0 Å². The number of ether oxygens (including phenoxy) is 2. The molecule has 0 saturated heterocycles. The number of halogens is 4. The number of rotatable bonds is 4. The van der Waals surface area contributed by atoms with Crippen LogP contribution in [-0.4, -0.2) is 13.5 Å². The second kappa shape index (κ2) is 7.22. The summed E-state index contributed by atoms with van der Waals surface area (Å²) in [6, 6.07) is 3.70. The lowest BCUT2D eigenvalue weighted by molar-refractivity contribution is -0.274. The molecule has 120 valence electrons. The van der Waals surface area contributed by atoms with E-state index in [-0.39, 0.29) is 30.1 Å². The Morgan fingerprint density at radius 3 is 2.38 bits per heavy atom. The Balaban J connectivity index is 0.00000220. The molecule has 0 radical (unpaired) electrons. The lowest BCUT2D eigenvalue weighted by atomic mass is 9.92. The van der Waals surface area contributed by atoms with Gasteiger partial charge in [-0.2, -0.15) is 0 Å². The van der Waals surface area contributed by atoms with Crippen LogP contribution in [0.25, 0.3) is 0 Å². The van der Waals surface area contributed by atoms with E-state index >= 15 is 0 Å². The molecule has 1 aromatic rings. The van der Waals surface area contributed by atoms with Crippen LogP contribution in [0, 0.1) is 5.92 Å². The highest BCUT2D eigenvalue weighted by molar-refractivity contribution is 5.85. The quantitative estimate of drug-likeness (QED) is 0.902. The maximum atomic E-state index is 12.3. The van der Waals surface area contributed by atoms with E-state index in [0.717, 1.165) is 25.7 Å². The average Bonchev–Trinajstić information content (AvgIpc) is 2.89. The first-order valence-electron chi connectivity index (χ1n) is 6.60. The van der Waals surface area contributed by atoms with Gasteiger partial charge in [-0.05, 0) is 37.0 Å². The predicted molar refractivity (Wildman–Crippen MR) is 75.8 cm³/mol. The van der Waals surface area contributed by atoms with Crippen molar-refractivity contribution in [3.05, 3.63) is 23.8 Å². The van der Waals surface area contributed by atoms with Gasteiger partial charge in [0.15, 0.2) is 0 Å². The second-order valence-corrected chi connectivity index (χ2v) is 5.02. The van der Waals surface area contributed by atoms with E-state index in [9.17, 15) is 13.2 Å². The number of hydrogen-bond donors (Lipinski definition) is 1. The van der Waals surface area contributed by atoms with E-state index < -0.39 is 6.36 Å². The number of nitrogens with two attached hydrogens (primary N) is 1. The van der Waals surface area contributed by atoms with Crippen molar-refractivity contribution in [1.82, 2.24) is 0 Å². The Morgan fingerprint density at radius 2 is 1.86 bits per heavy atom. The molecule has 0 heterocycles.